The lowest BCUT2D eigenvalue weighted by atomic mass is 10.0. The van der Waals surface area contributed by atoms with Crippen molar-refractivity contribution in [3.8, 4) is 11.1 Å². The van der Waals surface area contributed by atoms with Crippen molar-refractivity contribution in [1.82, 2.24) is 19.9 Å². The van der Waals surface area contributed by atoms with E-state index in [1.165, 1.54) is 25.9 Å². The monoisotopic (exact) mass is 319 g/mol. The van der Waals surface area contributed by atoms with Crippen molar-refractivity contribution < 1.29 is 0 Å². The van der Waals surface area contributed by atoms with Crippen LogP contribution >= 0.6 is 0 Å². The van der Waals surface area contributed by atoms with Crippen LogP contribution < -0.4 is 5.32 Å². The van der Waals surface area contributed by atoms with Crippen LogP contribution in [-0.2, 0) is 0 Å². The van der Waals surface area contributed by atoms with Crippen molar-refractivity contribution in [2.45, 2.75) is 12.8 Å². The molecule has 1 aliphatic heterocycles. The van der Waals surface area contributed by atoms with Crippen molar-refractivity contribution in [1.29, 1.82) is 0 Å². The summed E-state index contributed by atoms with van der Waals surface area (Å²) in [4.78, 5) is 15.3. The van der Waals surface area contributed by atoms with E-state index in [1.807, 2.05) is 24.5 Å². The Labute approximate surface area is 141 Å². The van der Waals surface area contributed by atoms with Crippen LogP contribution in [0.2, 0.25) is 0 Å². The topological polar surface area (TPSA) is 53.9 Å². The molecule has 0 aliphatic carbocycles. The molecule has 1 fully saturated rings. The van der Waals surface area contributed by atoms with E-state index in [0.717, 1.165) is 40.9 Å². The summed E-state index contributed by atoms with van der Waals surface area (Å²) in [6.45, 7) is 4.48. The molecule has 0 atom stereocenters. The second-order valence-electron chi connectivity index (χ2n) is 6.20. The lowest BCUT2D eigenvalue weighted by molar-refractivity contribution is 0.352. The Morgan fingerprint density at radius 3 is 2.79 bits per heavy atom. The van der Waals surface area contributed by atoms with E-state index in [1.54, 1.807) is 6.33 Å². The maximum absolute atomic E-state index is 4.44. The first kappa shape index (κ1) is 15.0. The van der Waals surface area contributed by atoms with Crippen LogP contribution in [0.5, 0.6) is 0 Å². The number of likely N-dealkylation sites (tertiary alicyclic amines) is 1. The van der Waals surface area contributed by atoms with Gasteiger partial charge in [0.1, 0.15) is 12.1 Å². The Hall–Kier alpha value is -2.53. The molecule has 0 amide bonds. The van der Waals surface area contributed by atoms with Gasteiger partial charge in [-0.2, -0.15) is 0 Å². The van der Waals surface area contributed by atoms with Gasteiger partial charge in [0, 0.05) is 30.9 Å². The molecule has 122 valence electrons. The maximum atomic E-state index is 4.44. The van der Waals surface area contributed by atoms with Crippen LogP contribution in [0, 0.1) is 0 Å². The van der Waals surface area contributed by atoms with Gasteiger partial charge in [0.05, 0.1) is 5.52 Å². The number of pyridine rings is 1. The number of nitrogens with zero attached hydrogens (tertiary/aromatic N) is 4. The third kappa shape index (κ3) is 3.36. The van der Waals surface area contributed by atoms with Gasteiger partial charge in [0.15, 0.2) is 0 Å². The fraction of sp³-hybridized carbons (Fsp3) is 0.316. The first-order chi connectivity index (χ1) is 11.9. The fourth-order valence-electron chi connectivity index (χ4n) is 3.22. The van der Waals surface area contributed by atoms with E-state index in [9.17, 15) is 0 Å². The highest BCUT2D eigenvalue weighted by molar-refractivity contribution is 5.83. The van der Waals surface area contributed by atoms with Gasteiger partial charge in [-0.05, 0) is 61.3 Å². The minimum absolute atomic E-state index is 0.927. The van der Waals surface area contributed by atoms with E-state index >= 15 is 0 Å². The third-order valence-electron chi connectivity index (χ3n) is 4.53. The molecule has 0 radical (unpaired) electrons. The number of rotatable bonds is 5. The van der Waals surface area contributed by atoms with Crippen LogP contribution in [0.3, 0.4) is 0 Å². The van der Waals surface area contributed by atoms with Crippen LogP contribution in [0.25, 0.3) is 22.0 Å². The van der Waals surface area contributed by atoms with Crippen LogP contribution in [0.4, 0.5) is 5.82 Å². The first-order valence-electron chi connectivity index (χ1n) is 8.51. The quantitative estimate of drug-likeness (QED) is 0.782. The number of hydrogen-bond donors (Lipinski definition) is 1. The van der Waals surface area contributed by atoms with E-state index in [4.69, 9.17) is 0 Å². The van der Waals surface area contributed by atoms with E-state index in [-0.39, 0.29) is 0 Å². The summed E-state index contributed by atoms with van der Waals surface area (Å²) in [5.41, 5.74) is 3.27. The summed E-state index contributed by atoms with van der Waals surface area (Å²) in [7, 11) is 0. The molecule has 24 heavy (non-hydrogen) atoms. The molecule has 3 aromatic rings. The van der Waals surface area contributed by atoms with Gasteiger partial charge in [-0.15, -0.1) is 0 Å². The zero-order chi connectivity index (χ0) is 16.2. The normalized spacial score (nSPS) is 15.0. The zero-order valence-electron chi connectivity index (χ0n) is 13.7. The molecule has 1 saturated heterocycles. The standard InChI is InChI=1S/C19H21N5/c1-2-9-24(8-1)10-7-22-19-12-16(5-6-21-19)15-3-4-18-17(11-15)13-20-14-23-18/h3-6,11-14H,1-2,7-10H2,(H,21,22). The molecule has 2 aromatic heterocycles. The molecule has 0 unspecified atom stereocenters. The minimum atomic E-state index is 0.927. The minimum Gasteiger partial charge on any atom is -0.369 e. The number of nitrogens with one attached hydrogen (secondary N) is 1. The van der Waals surface area contributed by atoms with E-state index in [0.29, 0.717) is 0 Å². The summed E-state index contributed by atoms with van der Waals surface area (Å²) in [5.74, 6) is 0.927. The SMILES string of the molecule is c1cc(-c2ccc3ncncc3c2)cc(NCCN2CCCC2)n1. The smallest absolute Gasteiger partial charge is 0.126 e. The van der Waals surface area contributed by atoms with Gasteiger partial charge in [0.2, 0.25) is 0 Å². The Bertz CT molecular complexity index is 827. The number of hydrogen-bond acceptors (Lipinski definition) is 5. The highest BCUT2D eigenvalue weighted by atomic mass is 15.2. The molecule has 1 aromatic carbocycles. The molecule has 1 N–H and O–H groups in total. The Balaban J connectivity index is 1.48. The molecule has 5 nitrogen and oxygen atoms in total. The Morgan fingerprint density at radius 2 is 1.88 bits per heavy atom. The van der Waals surface area contributed by atoms with Gasteiger partial charge < -0.3 is 10.2 Å². The average molecular weight is 319 g/mol. The van der Waals surface area contributed by atoms with E-state index in [2.05, 4.69) is 43.4 Å². The second-order valence-corrected chi connectivity index (χ2v) is 6.20. The summed E-state index contributed by atoms with van der Waals surface area (Å²) >= 11 is 0. The number of anilines is 1. The molecule has 4 rings (SSSR count). The molecule has 0 bridgehead atoms. The molecule has 5 heteroatoms. The third-order valence-corrected chi connectivity index (χ3v) is 4.53. The summed E-state index contributed by atoms with van der Waals surface area (Å²) in [5, 5.41) is 4.49. The maximum Gasteiger partial charge on any atom is 0.126 e. The summed E-state index contributed by atoms with van der Waals surface area (Å²) in [6, 6.07) is 10.4. The number of fused-ring (bicyclic) bond motifs is 1. The molecule has 1 aliphatic rings. The van der Waals surface area contributed by atoms with Gasteiger partial charge in [-0.25, -0.2) is 15.0 Å². The van der Waals surface area contributed by atoms with Gasteiger partial charge in [-0.3, -0.25) is 0 Å². The van der Waals surface area contributed by atoms with Crippen molar-refractivity contribution in [2.24, 2.45) is 0 Å². The Kier molecular flexibility index (Phi) is 4.34. The molecular formula is C19H21N5. The van der Waals surface area contributed by atoms with Crippen LogP contribution in [0.1, 0.15) is 12.8 Å². The lowest BCUT2D eigenvalue weighted by Crippen LogP contribution is -2.26. The predicted molar refractivity (Wildman–Crippen MR) is 96.9 cm³/mol. The first-order valence-corrected chi connectivity index (χ1v) is 8.51. The van der Waals surface area contributed by atoms with E-state index < -0.39 is 0 Å². The van der Waals surface area contributed by atoms with Gasteiger partial charge >= 0.3 is 0 Å². The van der Waals surface area contributed by atoms with Crippen molar-refractivity contribution in [3.63, 3.8) is 0 Å². The molecule has 3 heterocycles. The largest absolute Gasteiger partial charge is 0.369 e. The van der Waals surface area contributed by atoms with Crippen molar-refractivity contribution in [3.05, 3.63) is 49.1 Å². The summed E-state index contributed by atoms with van der Waals surface area (Å²) in [6.07, 6.45) is 7.96. The highest BCUT2D eigenvalue weighted by Crippen LogP contribution is 2.24. The predicted octanol–water partition coefficient (Wildman–Crippen LogP) is 3.20. The van der Waals surface area contributed by atoms with Crippen molar-refractivity contribution in [2.75, 3.05) is 31.5 Å². The molecule has 0 saturated carbocycles. The molecular weight excluding hydrogens is 298 g/mol. The average Bonchev–Trinajstić information content (AvgIpc) is 3.15. The van der Waals surface area contributed by atoms with Gasteiger partial charge in [-0.1, -0.05) is 6.07 Å². The zero-order valence-corrected chi connectivity index (χ0v) is 13.7. The second kappa shape index (κ2) is 6.93. The van der Waals surface area contributed by atoms with Crippen molar-refractivity contribution >= 4 is 16.7 Å². The summed E-state index contributed by atoms with van der Waals surface area (Å²) < 4.78 is 0. The Morgan fingerprint density at radius 1 is 1.00 bits per heavy atom. The molecule has 0 spiro atoms. The van der Waals surface area contributed by atoms with Crippen LogP contribution in [0.15, 0.2) is 49.1 Å². The fourth-order valence-corrected chi connectivity index (χ4v) is 3.22. The lowest BCUT2D eigenvalue weighted by Gasteiger charge is -2.15. The number of aromatic nitrogens is 3. The number of benzene rings is 1. The highest BCUT2D eigenvalue weighted by Gasteiger charge is 2.10. The van der Waals surface area contributed by atoms with Crippen LogP contribution in [-0.4, -0.2) is 46.0 Å². The van der Waals surface area contributed by atoms with Gasteiger partial charge in [0.25, 0.3) is 0 Å².